The second kappa shape index (κ2) is 60.3. The Hall–Kier alpha value is -1.18. The van der Waals surface area contributed by atoms with Crippen LogP contribution in [-0.4, -0.2) is 203 Å². The van der Waals surface area contributed by atoms with Gasteiger partial charge in [0.05, 0.1) is 33.0 Å². The van der Waals surface area contributed by atoms with E-state index in [0.29, 0.717) is 69.7 Å². The molecule has 1 rings (SSSR count). The van der Waals surface area contributed by atoms with Crippen LogP contribution < -0.4 is 0 Å². The van der Waals surface area contributed by atoms with Gasteiger partial charge in [0.2, 0.25) is 0 Å². The van der Waals surface area contributed by atoms with E-state index in [1.807, 2.05) is 39.3 Å². The highest BCUT2D eigenvalue weighted by molar-refractivity contribution is 6.94. The predicted molar refractivity (Wildman–Crippen MR) is 519 cm³/mol. The number of hydrogen-bond acceptors (Lipinski definition) is 22. The lowest BCUT2D eigenvalue weighted by molar-refractivity contribution is -0.140. The van der Waals surface area contributed by atoms with Crippen LogP contribution in [0, 0.1) is 0 Å². The number of carbonyl (C=O) groups excluding carboxylic acids is 5. The number of ether oxygens (including phenoxy) is 6. The van der Waals surface area contributed by atoms with Crippen molar-refractivity contribution in [1.82, 2.24) is 0 Å². The number of rotatable bonds is 42. The third-order valence-electron chi connectivity index (χ3n) is 12.3. The molecule has 676 valence electrons. The molecule has 0 bridgehead atoms. The lowest BCUT2D eigenvalue weighted by atomic mass is 10.4. The molecule has 1 aliphatic heterocycles. The van der Waals surface area contributed by atoms with Crippen LogP contribution in [0.15, 0.2) is 62.3 Å². The molecule has 0 aliphatic carbocycles. The fourth-order valence-electron chi connectivity index (χ4n) is 10.8. The molecular weight excluding hydrogens is 1670 g/mol. The maximum atomic E-state index is 11.6. The third kappa shape index (κ3) is 85.2. The molecule has 22 nitrogen and oxygen atoms in total. The van der Waals surface area contributed by atoms with Crippen LogP contribution in [0.4, 0.5) is 0 Å². The minimum Gasteiger partial charge on any atom is -0.463 e. The van der Waals surface area contributed by atoms with E-state index in [-0.39, 0.29) is 89.9 Å². The van der Waals surface area contributed by atoms with Gasteiger partial charge in [-0.3, -0.25) is 0 Å². The van der Waals surface area contributed by atoms with Crippen LogP contribution in [0.25, 0.3) is 0 Å². The lowest BCUT2D eigenvalue weighted by Gasteiger charge is -2.47. The van der Waals surface area contributed by atoms with Crippen molar-refractivity contribution < 1.29 is 97.7 Å². The van der Waals surface area contributed by atoms with Crippen LogP contribution in [-0.2, 0) is 97.7 Å². The smallest absolute Gasteiger partial charge is 0.463 e. The summed E-state index contributed by atoms with van der Waals surface area (Å²) in [7, 11) is -29.3. The van der Waals surface area contributed by atoms with Crippen molar-refractivity contribution in [2.24, 2.45) is 0 Å². The fourth-order valence-corrected chi connectivity index (χ4v) is 75.5. The van der Waals surface area contributed by atoms with Crippen molar-refractivity contribution in [3.05, 3.63) is 62.3 Å². The Morgan fingerprint density at radius 1 is 0.312 bits per heavy atom. The van der Waals surface area contributed by atoms with Gasteiger partial charge in [0, 0.05) is 42.0 Å². The van der Waals surface area contributed by atoms with Gasteiger partial charge in [-0.1, -0.05) is 92.3 Å². The molecule has 0 atom stereocenters. The first kappa shape index (κ1) is 137. The monoisotopic (exact) mass is 1860 g/mol. The molecule has 0 N–H and O–H groups in total. The molecule has 0 spiro atoms. The summed E-state index contributed by atoms with van der Waals surface area (Å²) in [6.45, 7) is 94.8. The van der Waals surface area contributed by atoms with Gasteiger partial charge >= 0.3 is 81.5 Å². The molecule has 1 aliphatic rings. The normalized spacial score (nSPS) is 14.5. The molecule has 37 heteroatoms. The van der Waals surface area contributed by atoms with Gasteiger partial charge in [-0.15, -0.1) is 0 Å². The molecule has 1 fully saturated rings. The van der Waals surface area contributed by atoms with E-state index in [1.165, 1.54) is 12.2 Å². The van der Waals surface area contributed by atoms with Crippen molar-refractivity contribution in [1.29, 1.82) is 0 Å². The standard InChI is InChI=1S/C16H38O5Si4.C14H32O6Si4.C13H30O4Si3.C13H28O4Si2.C11H24O3Si2.8CH4/c1-15(2)16(17)18-13-12-14-25(19-22(3,4)5,20-23(6,7)8)21-24(9,10)11;1-13(2)14(15)16-11-10-12-24(9)19-22(5,6)17-21(3,4)18-23(7,8)20-24;1-9-13(14)15-11-10-12-20(8,16-18(2,3)4)17-19(5,6)7;1-7-13(14)16-11-10-15-9-8-12-19(5,6)17-18(2,3)4;1-7-11(12)13-9-8-10-16(5,6)14-15(2,3)4;;;;;;;;/h1,12-14H2,2-11H3;1,10-12H2,2-9H3;9H,1,10-12H2,2-8H3;7H,1,8-12H2,2-6H3;7H,1,8-10H2,2-6H3;8*1H4. The molecular formula is C75H184O22Si15. The molecule has 0 aromatic carbocycles. The Kier molecular flexibility index (Phi) is 73.7. The summed E-state index contributed by atoms with van der Waals surface area (Å²) in [5, 5.41) is 0. The summed E-state index contributed by atoms with van der Waals surface area (Å²) in [4.78, 5) is 55.6. The van der Waals surface area contributed by atoms with Crippen molar-refractivity contribution in [2.45, 2.75) is 352 Å². The molecule has 0 aromatic heterocycles. The fraction of sp³-hybridized carbons (Fsp3) is 0.800. The molecule has 1 saturated heterocycles. The van der Waals surface area contributed by atoms with Crippen molar-refractivity contribution >= 4 is 156 Å². The Balaban J connectivity index is -0.000000110. The minimum atomic E-state index is -2.83. The SMILES string of the molecule is C.C.C.C.C.C.C.C.C=C(C)C(=O)OCCC[Si](O[Si](C)(C)C)(O[Si](C)(C)C)O[Si](C)(C)C.C=C(C)C(=O)OCCC[Si]1(C)O[Si](C)(C)O[Si](C)(C)O[Si](C)(C)O1.C=CC(=O)OCCC[Si](C)(C)O[Si](C)(C)C.C=CC(=O)OCCC[Si](C)(O[Si](C)(C)C)O[Si](C)(C)C.C=CC(=O)OCCOCCC[Si](C)(C)O[Si](C)(C)C. The summed E-state index contributed by atoms with van der Waals surface area (Å²) in [6.07, 6.45) is 7.55. The van der Waals surface area contributed by atoms with Crippen LogP contribution in [0.3, 0.4) is 0 Å². The first-order valence-electron chi connectivity index (χ1n) is 36.6. The highest BCUT2D eigenvalue weighted by Crippen LogP contribution is 2.34. The maximum absolute atomic E-state index is 11.6. The highest BCUT2D eigenvalue weighted by atomic mass is 28.5. The van der Waals surface area contributed by atoms with Gasteiger partial charge in [-0.05, 0) is 286 Å². The van der Waals surface area contributed by atoms with E-state index >= 15 is 0 Å². The van der Waals surface area contributed by atoms with Crippen molar-refractivity contribution in [3.63, 3.8) is 0 Å². The second-order valence-corrected chi connectivity index (χ2v) is 98.0. The molecule has 0 aromatic rings. The predicted octanol–water partition coefficient (Wildman–Crippen LogP) is 24.1. The molecule has 0 amide bonds. The Morgan fingerprint density at radius 3 is 0.848 bits per heavy atom. The molecule has 0 radical (unpaired) electrons. The topological polar surface area (TPSA) is 242 Å². The number of carbonyl (C=O) groups is 5. The maximum Gasteiger partial charge on any atom is 0.469 e. The summed E-state index contributed by atoms with van der Waals surface area (Å²) >= 11 is 0. The van der Waals surface area contributed by atoms with E-state index in [4.69, 9.17) is 73.7 Å². The van der Waals surface area contributed by atoms with Crippen molar-refractivity contribution in [3.8, 4) is 0 Å². The van der Waals surface area contributed by atoms with Gasteiger partial charge in [-0.2, -0.15) is 0 Å². The molecule has 0 saturated carbocycles. The largest absolute Gasteiger partial charge is 0.469 e. The summed E-state index contributed by atoms with van der Waals surface area (Å²) in [5.41, 5.74) is 0.825. The highest BCUT2D eigenvalue weighted by Gasteiger charge is 2.53. The quantitative estimate of drug-likeness (QED) is 0.0181. The van der Waals surface area contributed by atoms with Crippen LogP contribution in [0.1, 0.15) is 105 Å². The number of esters is 5. The van der Waals surface area contributed by atoms with E-state index in [1.54, 1.807) is 13.8 Å². The van der Waals surface area contributed by atoms with E-state index in [0.717, 1.165) is 49.5 Å². The van der Waals surface area contributed by atoms with Crippen LogP contribution in [0.2, 0.25) is 246 Å². The zero-order valence-corrected chi connectivity index (χ0v) is 87.3. The summed E-state index contributed by atoms with van der Waals surface area (Å²) < 4.78 is 101. The summed E-state index contributed by atoms with van der Waals surface area (Å²) in [5.74, 6) is -1.82. The zero-order chi connectivity index (χ0) is 82.7. The lowest BCUT2D eigenvalue weighted by Crippen LogP contribution is -2.65. The van der Waals surface area contributed by atoms with E-state index in [2.05, 4.69) is 210 Å². The molecule has 1 heterocycles. The van der Waals surface area contributed by atoms with Gasteiger partial charge in [0.1, 0.15) is 6.61 Å². The third-order valence-corrected chi connectivity index (χ3v) is 62.9. The van der Waals surface area contributed by atoms with Crippen LogP contribution >= 0.6 is 0 Å². The van der Waals surface area contributed by atoms with E-state index < -0.39 is 132 Å². The summed E-state index contributed by atoms with van der Waals surface area (Å²) in [6, 6.07) is 4.39. The zero-order valence-electron chi connectivity index (χ0n) is 72.3. The second-order valence-electron chi connectivity index (χ2n) is 35.7. The van der Waals surface area contributed by atoms with Gasteiger partial charge in [-0.25, -0.2) is 24.0 Å². The van der Waals surface area contributed by atoms with Gasteiger partial charge in [0.25, 0.3) is 0 Å². The molecule has 0 unspecified atom stereocenters. The first-order valence-corrected chi connectivity index (χ1v) is 82.1. The Labute approximate surface area is 709 Å². The molecule has 112 heavy (non-hydrogen) atoms. The minimum absolute atomic E-state index is 0. The first-order chi connectivity index (χ1) is 46.3. The Morgan fingerprint density at radius 2 is 0.562 bits per heavy atom. The Bertz CT molecular complexity index is 2540. The van der Waals surface area contributed by atoms with Crippen LogP contribution in [0.5, 0.6) is 0 Å². The average molecular weight is 1860 g/mol. The number of hydrogen-bond donors (Lipinski definition) is 0. The average Bonchev–Trinajstić information content (AvgIpc) is 0.810. The van der Waals surface area contributed by atoms with E-state index in [9.17, 15) is 24.0 Å². The van der Waals surface area contributed by atoms with Crippen molar-refractivity contribution in [2.75, 3.05) is 46.2 Å². The van der Waals surface area contributed by atoms with Gasteiger partial charge < -0.3 is 73.7 Å². The van der Waals surface area contributed by atoms with Gasteiger partial charge in [0.15, 0.2) is 74.9 Å².